The lowest BCUT2D eigenvalue weighted by Crippen LogP contribution is -2.45. The molecule has 1 heterocycles. The number of hydrogen-bond donors (Lipinski definition) is 2. The zero-order chi connectivity index (χ0) is 17.9. The van der Waals surface area contributed by atoms with Crippen LogP contribution in [0, 0.1) is 11.8 Å². The number of piperidine rings is 1. The van der Waals surface area contributed by atoms with E-state index in [1.807, 2.05) is 0 Å². The number of guanidine groups is 1. The molecule has 0 radical (unpaired) electrons. The lowest BCUT2D eigenvalue weighted by atomic mass is 9.84. The van der Waals surface area contributed by atoms with Crippen molar-refractivity contribution in [2.24, 2.45) is 16.8 Å². The molecule has 5 heteroatoms. The van der Waals surface area contributed by atoms with Gasteiger partial charge >= 0.3 is 0 Å². The third-order valence-corrected chi connectivity index (χ3v) is 5.87. The topological polar surface area (TPSA) is 48.9 Å². The fourth-order valence-electron chi connectivity index (χ4n) is 4.14. The van der Waals surface area contributed by atoms with Gasteiger partial charge in [0, 0.05) is 32.8 Å². The molecule has 0 amide bonds. The number of likely N-dealkylation sites (tertiary alicyclic amines) is 1. The lowest BCUT2D eigenvalue weighted by Gasteiger charge is -2.32. The Bertz CT molecular complexity index is 380. The van der Waals surface area contributed by atoms with E-state index in [0.717, 1.165) is 44.0 Å². The summed E-state index contributed by atoms with van der Waals surface area (Å²) in [6.07, 6.45) is 9.19. The maximum Gasteiger partial charge on any atom is 0.191 e. The third kappa shape index (κ3) is 7.53. The van der Waals surface area contributed by atoms with Crippen LogP contribution in [0.5, 0.6) is 0 Å². The smallest absolute Gasteiger partial charge is 0.191 e. The molecule has 5 nitrogen and oxygen atoms in total. The van der Waals surface area contributed by atoms with Crippen LogP contribution >= 0.6 is 0 Å². The molecule has 25 heavy (non-hydrogen) atoms. The van der Waals surface area contributed by atoms with Gasteiger partial charge in [-0.2, -0.15) is 0 Å². The SMILES string of the molecule is CCNC(=NCC1CCN(CCOC)CC1)NC1CCCC(CC)C1. The first kappa shape index (κ1) is 20.5. The van der Waals surface area contributed by atoms with Crippen LogP contribution in [0.3, 0.4) is 0 Å². The summed E-state index contributed by atoms with van der Waals surface area (Å²) in [4.78, 5) is 7.43. The Morgan fingerprint density at radius 1 is 1.12 bits per heavy atom. The predicted molar refractivity (Wildman–Crippen MR) is 106 cm³/mol. The zero-order valence-corrected chi connectivity index (χ0v) is 16.7. The summed E-state index contributed by atoms with van der Waals surface area (Å²) in [5, 5.41) is 7.16. The number of ether oxygens (including phenoxy) is 1. The van der Waals surface area contributed by atoms with E-state index >= 15 is 0 Å². The van der Waals surface area contributed by atoms with Crippen LogP contribution < -0.4 is 10.6 Å². The van der Waals surface area contributed by atoms with E-state index in [1.165, 1.54) is 58.0 Å². The summed E-state index contributed by atoms with van der Waals surface area (Å²) >= 11 is 0. The molecule has 1 saturated carbocycles. The molecule has 2 rings (SSSR count). The van der Waals surface area contributed by atoms with Crippen molar-refractivity contribution in [3.63, 3.8) is 0 Å². The van der Waals surface area contributed by atoms with Crippen LogP contribution in [0.4, 0.5) is 0 Å². The number of nitrogens with one attached hydrogen (secondary N) is 2. The van der Waals surface area contributed by atoms with Crippen molar-refractivity contribution in [1.29, 1.82) is 0 Å². The highest BCUT2D eigenvalue weighted by molar-refractivity contribution is 5.80. The van der Waals surface area contributed by atoms with Gasteiger partial charge in [-0.1, -0.05) is 26.2 Å². The minimum Gasteiger partial charge on any atom is -0.383 e. The van der Waals surface area contributed by atoms with Crippen LogP contribution in [0.1, 0.15) is 58.8 Å². The maximum atomic E-state index is 5.18. The van der Waals surface area contributed by atoms with Crippen LogP contribution in [0.15, 0.2) is 4.99 Å². The minimum atomic E-state index is 0.604. The van der Waals surface area contributed by atoms with Crippen LogP contribution in [-0.2, 0) is 4.74 Å². The standard InChI is InChI=1S/C20H40N4O/c1-4-17-7-6-8-19(15-17)23-20(21-5-2)22-16-18-9-11-24(12-10-18)13-14-25-3/h17-19H,4-16H2,1-3H3,(H2,21,22,23). The molecule has 2 atom stereocenters. The molecule has 2 fully saturated rings. The van der Waals surface area contributed by atoms with Crippen molar-refractivity contribution in [3.8, 4) is 0 Å². The number of aliphatic imine (C=N–C) groups is 1. The summed E-state index contributed by atoms with van der Waals surface area (Å²) in [6, 6.07) is 0.604. The quantitative estimate of drug-likeness (QED) is 0.521. The molecule has 0 aromatic rings. The highest BCUT2D eigenvalue weighted by Crippen LogP contribution is 2.26. The third-order valence-electron chi connectivity index (χ3n) is 5.87. The van der Waals surface area contributed by atoms with Crippen molar-refractivity contribution >= 4 is 5.96 Å². The van der Waals surface area contributed by atoms with Gasteiger partial charge < -0.3 is 20.3 Å². The second kappa shape index (κ2) is 11.7. The Hall–Kier alpha value is -0.810. The molecule has 2 unspecified atom stereocenters. The van der Waals surface area contributed by atoms with Gasteiger partial charge in [0.1, 0.15) is 0 Å². The average Bonchev–Trinajstić information content (AvgIpc) is 2.65. The summed E-state index contributed by atoms with van der Waals surface area (Å²) in [5.74, 6) is 2.65. The Balaban J connectivity index is 1.75. The lowest BCUT2D eigenvalue weighted by molar-refractivity contribution is 0.121. The number of rotatable bonds is 8. The second-order valence-corrected chi connectivity index (χ2v) is 7.78. The van der Waals surface area contributed by atoms with E-state index in [9.17, 15) is 0 Å². The Kier molecular flexibility index (Phi) is 9.63. The van der Waals surface area contributed by atoms with E-state index in [0.29, 0.717) is 6.04 Å². The molecule has 0 bridgehead atoms. The highest BCUT2D eigenvalue weighted by atomic mass is 16.5. The molecule has 2 aliphatic rings. The monoisotopic (exact) mass is 352 g/mol. The maximum absolute atomic E-state index is 5.18. The van der Waals surface area contributed by atoms with Gasteiger partial charge in [-0.25, -0.2) is 0 Å². The summed E-state index contributed by atoms with van der Waals surface area (Å²) in [5.41, 5.74) is 0. The molecule has 2 N–H and O–H groups in total. The molecule has 0 spiro atoms. The normalized spacial score (nSPS) is 26.6. The minimum absolute atomic E-state index is 0.604. The molecule has 0 aromatic heterocycles. The van der Waals surface area contributed by atoms with E-state index in [1.54, 1.807) is 7.11 Å². The van der Waals surface area contributed by atoms with E-state index in [2.05, 4.69) is 29.4 Å². The van der Waals surface area contributed by atoms with E-state index < -0.39 is 0 Å². The molecular weight excluding hydrogens is 312 g/mol. The van der Waals surface area contributed by atoms with Crippen molar-refractivity contribution in [3.05, 3.63) is 0 Å². The molecule has 0 aromatic carbocycles. The molecule has 1 aliphatic heterocycles. The van der Waals surface area contributed by atoms with Gasteiger partial charge in [-0.05, 0) is 57.5 Å². The Morgan fingerprint density at radius 2 is 1.92 bits per heavy atom. The summed E-state index contributed by atoms with van der Waals surface area (Å²) < 4.78 is 5.18. The average molecular weight is 353 g/mol. The fourth-order valence-corrected chi connectivity index (χ4v) is 4.14. The Morgan fingerprint density at radius 3 is 2.60 bits per heavy atom. The van der Waals surface area contributed by atoms with E-state index in [4.69, 9.17) is 9.73 Å². The summed E-state index contributed by atoms with van der Waals surface area (Å²) in [6.45, 7) is 10.7. The Labute approximate surface area is 155 Å². The van der Waals surface area contributed by atoms with E-state index in [-0.39, 0.29) is 0 Å². The van der Waals surface area contributed by atoms with Crippen molar-refractivity contribution in [2.75, 3.05) is 46.4 Å². The van der Waals surface area contributed by atoms with Gasteiger partial charge in [-0.15, -0.1) is 0 Å². The molecule has 146 valence electrons. The van der Waals surface area contributed by atoms with Gasteiger partial charge in [0.15, 0.2) is 5.96 Å². The summed E-state index contributed by atoms with van der Waals surface area (Å²) in [7, 11) is 1.78. The zero-order valence-electron chi connectivity index (χ0n) is 16.7. The first-order valence-corrected chi connectivity index (χ1v) is 10.5. The fraction of sp³-hybridized carbons (Fsp3) is 0.950. The van der Waals surface area contributed by atoms with Gasteiger partial charge in [0.2, 0.25) is 0 Å². The van der Waals surface area contributed by atoms with Gasteiger partial charge in [0.25, 0.3) is 0 Å². The van der Waals surface area contributed by atoms with Gasteiger partial charge in [-0.3, -0.25) is 4.99 Å². The predicted octanol–water partition coefficient (Wildman–Crippen LogP) is 2.87. The first-order chi connectivity index (χ1) is 12.2. The van der Waals surface area contributed by atoms with Crippen LogP contribution in [-0.4, -0.2) is 63.3 Å². The first-order valence-electron chi connectivity index (χ1n) is 10.5. The van der Waals surface area contributed by atoms with Crippen LogP contribution in [0.25, 0.3) is 0 Å². The molecule has 1 saturated heterocycles. The largest absolute Gasteiger partial charge is 0.383 e. The number of nitrogens with zero attached hydrogens (tertiary/aromatic N) is 2. The number of hydrogen-bond acceptors (Lipinski definition) is 3. The van der Waals surface area contributed by atoms with Gasteiger partial charge in [0.05, 0.1) is 6.61 Å². The van der Waals surface area contributed by atoms with Crippen molar-refractivity contribution < 1.29 is 4.74 Å². The molecular formula is C20H40N4O. The van der Waals surface area contributed by atoms with Crippen LogP contribution in [0.2, 0.25) is 0 Å². The van der Waals surface area contributed by atoms with Crippen molar-refractivity contribution in [2.45, 2.75) is 64.8 Å². The second-order valence-electron chi connectivity index (χ2n) is 7.78. The number of methoxy groups -OCH3 is 1. The van der Waals surface area contributed by atoms with Crippen molar-refractivity contribution in [1.82, 2.24) is 15.5 Å². The molecule has 1 aliphatic carbocycles. The highest BCUT2D eigenvalue weighted by Gasteiger charge is 2.22.